The zero-order valence-electron chi connectivity index (χ0n) is 18.3. The summed E-state index contributed by atoms with van der Waals surface area (Å²) < 4.78 is 18.7. The molecule has 6 atom stereocenters. The highest BCUT2D eigenvalue weighted by atomic mass is 16.6. The SMILES string of the molecule is CCCC(=O)[C@H]1C[C@@]23CC[C@@]1(OC)[C@@H]1Oc4c(OC)ccc(c4C12)C[C@H]3N(C)C. The van der Waals surface area contributed by atoms with Gasteiger partial charge in [0, 0.05) is 31.1 Å². The van der Waals surface area contributed by atoms with Crippen molar-refractivity contribution in [2.24, 2.45) is 11.3 Å². The van der Waals surface area contributed by atoms with Gasteiger partial charge in [-0.15, -0.1) is 0 Å². The Morgan fingerprint density at radius 3 is 2.72 bits per heavy atom. The van der Waals surface area contributed by atoms with Gasteiger partial charge in [-0.1, -0.05) is 13.0 Å². The molecule has 0 N–H and O–H groups in total. The fourth-order valence-electron chi connectivity index (χ4n) is 7.40. The van der Waals surface area contributed by atoms with Gasteiger partial charge in [0.2, 0.25) is 0 Å². The number of fused-ring (bicyclic) bond motifs is 2. The summed E-state index contributed by atoms with van der Waals surface area (Å²) in [6.07, 6.45) is 5.27. The van der Waals surface area contributed by atoms with Crippen LogP contribution in [0.2, 0.25) is 0 Å². The first kappa shape index (κ1) is 19.4. The van der Waals surface area contributed by atoms with E-state index in [0.717, 1.165) is 43.6 Å². The van der Waals surface area contributed by atoms with Gasteiger partial charge in [-0.2, -0.15) is 0 Å². The Bertz CT molecular complexity index is 852. The fraction of sp³-hybridized carbons (Fsp3) is 0.708. The molecule has 3 saturated carbocycles. The highest BCUT2D eigenvalue weighted by Crippen LogP contribution is 2.71. The van der Waals surface area contributed by atoms with E-state index in [0.29, 0.717) is 18.2 Å². The van der Waals surface area contributed by atoms with E-state index in [1.165, 1.54) is 11.1 Å². The summed E-state index contributed by atoms with van der Waals surface area (Å²) in [7, 11) is 7.87. The van der Waals surface area contributed by atoms with E-state index in [4.69, 9.17) is 14.2 Å². The molecule has 6 rings (SSSR count). The number of hydrogen-bond donors (Lipinski definition) is 0. The number of Topliss-reactive ketones (excluding diaryl/α,β-unsaturated/α-hetero) is 1. The smallest absolute Gasteiger partial charge is 0.165 e. The summed E-state index contributed by atoms with van der Waals surface area (Å²) in [5.41, 5.74) is 2.21. The molecule has 0 aromatic heterocycles. The van der Waals surface area contributed by atoms with Gasteiger partial charge in [0.1, 0.15) is 17.5 Å². The number of likely N-dealkylation sites (N-methyl/N-ethyl adjacent to an activating group) is 1. The molecule has 4 aliphatic carbocycles. The van der Waals surface area contributed by atoms with Crippen molar-refractivity contribution in [1.82, 2.24) is 4.90 Å². The molecule has 5 aliphatic rings. The number of benzene rings is 1. The highest BCUT2D eigenvalue weighted by Gasteiger charge is 2.73. The lowest BCUT2D eigenvalue weighted by atomic mass is 9.42. The molecule has 2 bridgehead atoms. The van der Waals surface area contributed by atoms with Crippen molar-refractivity contribution in [2.75, 3.05) is 28.3 Å². The van der Waals surface area contributed by atoms with Crippen LogP contribution in [0.5, 0.6) is 11.5 Å². The van der Waals surface area contributed by atoms with Crippen LogP contribution < -0.4 is 9.47 Å². The Labute approximate surface area is 173 Å². The number of rotatable bonds is 6. The number of carbonyl (C=O) groups is 1. The number of nitrogens with zero attached hydrogens (tertiary/aromatic N) is 1. The van der Waals surface area contributed by atoms with Gasteiger partial charge in [-0.05, 0) is 63.2 Å². The van der Waals surface area contributed by atoms with Crippen molar-refractivity contribution in [1.29, 1.82) is 0 Å². The summed E-state index contributed by atoms with van der Waals surface area (Å²) in [6, 6.07) is 4.66. The second kappa shape index (κ2) is 6.45. The van der Waals surface area contributed by atoms with Crippen molar-refractivity contribution in [3.8, 4) is 11.5 Å². The van der Waals surface area contributed by atoms with E-state index < -0.39 is 5.60 Å². The van der Waals surface area contributed by atoms with Crippen molar-refractivity contribution < 1.29 is 19.0 Å². The van der Waals surface area contributed by atoms with Gasteiger partial charge in [0.15, 0.2) is 11.5 Å². The van der Waals surface area contributed by atoms with Gasteiger partial charge >= 0.3 is 0 Å². The minimum absolute atomic E-state index is 0.0487. The van der Waals surface area contributed by atoms with Gasteiger partial charge < -0.3 is 19.1 Å². The molecule has 29 heavy (non-hydrogen) atoms. The van der Waals surface area contributed by atoms with Gasteiger partial charge in [-0.25, -0.2) is 0 Å². The Morgan fingerprint density at radius 1 is 1.28 bits per heavy atom. The van der Waals surface area contributed by atoms with Crippen LogP contribution in [-0.2, 0) is 16.0 Å². The molecule has 1 spiro atoms. The average molecular weight is 400 g/mol. The lowest BCUT2D eigenvalue weighted by Gasteiger charge is -2.65. The molecule has 1 unspecified atom stereocenters. The normalized spacial score (nSPS) is 38.7. The topological polar surface area (TPSA) is 48.0 Å². The molecule has 1 aromatic rings. The van der Waals surface area contributed by atoms with Crippen LogP contribution in [-0.4, -0.2) is 56.7 Å². The zero-order chi connectivity index (χ0) is 20.6. The van der Waals surface area contributed by atoms with Crippen LogP contribution in [0.15, 0.2) is 12.1 Å². The third-order valence-corrected chi connectivity index (χ3v) is 8.55. The number of ether oxygens (including phenoxy) is 3. The summed E-state index contributed by atoms with van der Waals surface area (Å²) >= 11 is 0. The molecule has 0 amide bonds. The highest BCUT2D eigenvalue weighted by molar-refractivity contribution is 5.83. The third-order valence-electron chi connectivity index (χ3n) is 8.55. The lowest BCUT2D eigenvalue weighted by Crippen LogP contribution is -2.72. The molecular formula is C24H33NO4. The lowest BCUT2D eigenvalue weighted by molar-refractivity contribution is -0.229. The standard InChI is InChI=1S/C24H33NO4/c1-6-7-16(26)15-13-23-10-11-24(15,28-5)22-20(23)19-14(12-18(23)25(2)3)8-9-17(27-4)21(19)29-22/h8-9,15,18,20,22H,6-7,10-13H2,1-5H3/t15-,18-,20?,22-,23-,24+/m1/s1. The number of ketones is 1. The van der Waals surface area contributed by atoms with Crippen LogP contribution in [0.3, 0.4) is 0 Å². The number of hydrogen-bond acceptors (Lipinski definition) is 5. The minimum atomic E-state index is -0.534. The molecule has 158 valence electrons. The van der Waals surface area contributed by atoms with Crippen molar-refractivity contribution in [3.63, 3.8) is 0 Å². The molecule has 0 saturated heterocycles. The minimum Gasteiger partial charge on any atom is -0.493 e. The predicted octanol–water partition coefficient (Wildman–Crippen LogP) is 3.58. The molecule has 1 aliphatic heterocycles. The monoisotopic (exact) mass is 399 g/mol. The fourth-order valence-corrected chi connectivity index (χ4v) is 7.40. The van der Waals surface area contributed by atoms with Gasteiger partial charge in [0.05, 0.1) is 13.0 Å². The van der Waals surface area contributed by atoms with Crippen LogP contribution in [0.4, 0.5) is 0 Å². The Balaban J connectivity index is 1.72. The quantitative estimate of drug-likeness (QED) is 0.732. The molecule has 0 radical (unpaired) electrons. The maximum atomic E-state index is 13.3. The van der Waals surface area contributed by atoms with Crippen molar-refractivity contribution in [3.05, 3.63) is 23.3 Å². The van der Waals surface area contributed by atoms with Crippen molar-refractivity contribution >= 4 is 5.78 Å². The molecule has 3 fully saturated rings. The second-order valence-electron chi connectivity index (χ2n) is 9.73. The molecule has 1 heterocycles. The number of methoxy groups -OCH3 is 2. The maximum Gasteiger partial charge on any atom is 0.165 e. The van der Waals surface area contributed by atoms with Crippen molar-refractivity contribution in [2.45, 2.75) is 69.1 Å². The van der Waals surface area contributed by atoms with E-state index in [2.05, 4.69) is 32.0 Å². The van der Waals surface area contributed by atoms with Crippen LogP contribution in [0.25, 0.3) is 0 Å². The van der Waals surface area contributed by atoms with Crippen LogP contribution in [0, 0.1) is 11.3 Å². The second-order valence-corrected chi connectivity index (χ2v) is 9.73. The zero-order valence-corrected chi connectivity index (χ0v) is 18.3. The van der Waals surface area contributed by atoms with E-state index in [1.54, 1.807) is 14.2 Å². The molecular weight excluding hydrogens is 366 g/mol. The van der Waals surface area contributed by atoms with E-state index in [-0.39, 0.29) is 23.4 Å². The van der Waals surface area contributed by atoms with E-state index in [9.17, 15) is 4.79 Å². The molecule has 5 heteroatoms. The average Bonchev–Trinajstić information content (AvgIpc) is 3.15. The molecule has 5 nitrogen and oxygen atoms in total. The van der Waals surface area contributed by atoms with E-state index in [1.807, 2.05) is 6.07 Å². The first-order valence-corrected chi connectivity index (χ1v) is 11.0. The largest absolute Gasteiger partial charge is 0.493 e. The Morgan fingerprint density at radius 2 is 2.07 bits per heavy atom. The number of carbonyl (C=O) groups excluding carboxylic acids is 1. The predicted molar refractivity (Wildman–Crippen MR) is 111 cm³/mol. The van der Waals surface area contributed by atoms with Crippen LogP contribution >= 0.6 is 0 Å². The van der Waals surface area contributed by atoms with E-state index >= 15 is 0 Å². The van der Waals surface area contributed by atoms with Gasteiger partial charge in [-0.3, -0.25) is 4.79 Å². The summed E-state index contributed by atoms with van der Waals surface area (Å²) in [6.45, 7) is 2.09. The summed E-state index contributed by atoms with van der Waals surface area (Å²) in [5.74, 6) is 2.23. The first-order valence-electron chi connectivity index (χ1n) is 11.0. The summed E-state index contributed by atoms with van der Waals surface area (Å²) in [5, 5.41) is 0. The maximum absolute atomic E-state index is 13.3. The Hall–Kier alpha value is -1.59. The summed E-state index contributed by atoms with van der Waals surface area (Å²) in [4.78, 5) is 15.7. The first-order chi connectivity index (χ1) is 13.9. The third kappa shape index (κ3) is 2.26. The molecule has 1 aromatic carbocycles. The Kier molecular flexibility index (Phi) is 4.31. The van der Waals surface area contributed by atoms with Crippen LogP contribution in [0.1, 0.15) is 56.1 Å². The van der Waals surface area contributed by atoms with Gasteiger partial charge in [0.25, 0.3) is 0 Å².